The molecule has 2 aromatic rings. The molecular formula is C19H19N3O4. The molecule has 2 atom stereocenters. The van der Waals surface area contributed by atoms with E-state index < -0.39 is 23.2 Å². The van der Waals surface area contributed by atoms with Crippen molar-refractivity contribution < 1.29 is 19.5 Å². The van der Waals surface area contributed by atoms with Gasteiger partial charge in [-0.3, -0.25) is 14.4 Å². The Labute approximate surface area is 150 Å². The molecule has 0 saturated heterocycles. The van der Waals surface area contributed by atoms with Gasteiger partial charge in [-0.05, 0) is 35.7 Å². The van der Waals surface area contributed by atoms with E-state index in [-0.39, 0.29) is 11.8 Å². The van der Waals surface area contributed by atoms with Crippen LogP contribution in [0.3, 0.4) is 0 Å². The average molecular weight is 353 g/mol. The number of nitrogens with one attached hydrogen (secondary N) is 2. The van der Waals surface area contributed by atoms with E-state index >= 15 is 0 Å². The molecule has 134 valence electrons. The van der Waals surface area contributed by atoms with Crippen LogP contribution >= 0.6 is 0 Å². The molecule has 0 aliphatic heterocycles. The van der Waals surface area contributed by atoms with Gasteiger partial charge in [0, 0.05) is 17.4 Å². The van der Waals surface area contributed by atoms with Gasteiger partial charge < -0.3 is 15.7 Å². The first-order valence-electron chi connectivity index (χ1n) is 8.17. The maximum atomic E-state index is 12.4. The number of carboxylic acids is 1. The van der Waals surface area contributed by atoms with Crippen LogP contribution in [-0.4, -0.2) is 27.9 Å². The Kier molecular flexibility index (Phi) is 4.46. The van der Waals surface area contributed by atoms with Crippen LogP contribution in [0, 0.1) is 17.3 Å². The fourth-order valence-corrected chi connectivity index (χ4v) is 3.17. The fourth-order valence-electron chi connectivity index (χ4n) is 3.17. The third-order valence-corrected chi connectivity index (χ3v) is 4.67. The lowest BCUT2D eigenvalue weighted by Gasteiger charge is -2.08. The molecule has 1 aromatic carbocycles. The monoisotopic (exact) mass is 353 g/mol. The summed E-state index contributed by atoms with van der Waals surface area (Å²) in [5.74, 6) is -2.54. The summed E-state index contributed by atoms with van der Waals surface area (Å²) in [5, 5.41) is 14.6. The second-order valence-electron chi connectivity index (χ2n) is 6.85. The van der Waals surface area contributed by atoms with E-state index in [0.29, 0.717) is 17.1 Å². The second-order valence-corrected chi connectivity index (χ2v) is 6.85. The number of rotatable bonds is 5. The number of carbonyl (C=O) groups is 3. The zero-order valence-electron chi connectivity index (χ0n) is 14.4. The highest BCUT2D eigenvalue weighted by molar-refractivity contribution is 6.05. The highest BCUT2D eigenvalue weighted by atomic mass is 16.4. The fraction of sp³-hybridized carbons (Fsp3) is 0.263. The van der Waals surface area contributed by atoms with E-state index in [1.54, 1.807) is 62.5 Å². The van der Waals surface area contributed by atoms with Crippen molar-refractivity contribution in [3.63, 3.8) is 0 Å². The van der Waals surface area contributed by atoms with Gasteiger partial charge in [-0.25, -0.2) is 4.98 Å². The minimum absolute atomic E-state index is 0.352. The van der Waals surface area contributed by atoms with E-state index in [0.717, 1.165) is 0 Å². The Hall–Kier alpha value is -3.22. The first kappa shape index (κ1) is 17.6. The van der Waals surface area contributed by atoms with Crippen molar-refractivity contribution >= 4 is 29.3 Å². The van der Waals surface area contributed by atoms with Crippen LogP contribution in [0.25, 0.3) is 0 Å². The number of hydrogen-bond acceptors (Lipinski definition) is 4. The van der Waals surface area contributed by atoms with Crippen molar-refractivity contribution in [1.29, 1.82) is 0 Å². The van der Waals surface area contributed by atoms with Crippen LogP contribution < -0.4 is 10.6 Å². The predicted octanol–water partition coefficient (Wildman–Crippen LogP) is 2.63. The number of benzene rings is 1. The van der Waals surface area contributed by atoms with E-state index in [4.69, 9.17) is 0 Å². The number of aromatic nitrogens is 1. The summed E-state index contributed by atoms with van der Waals surface area (Å²) in [7, 11) is 0. The van der Waals surface area contributed by atoms with Crippen LogP contribution in [0.5, 0.6) is 0 Å². The summed E-state index contributed by atoms with van der Waals surface area (Å²) in [5.41, 5.74) is 0.220. The van der Waals surface area contributed by atoms with Crippen molar-refractivity contribution in [3.8, 4) is 0 Å². The molecule has 1 fully saturated rings. The number of pyridine rings is 1. The largest absolute Gasteiger partial charge is 0.481 e. The minimum Gasteiger partial charge on any atom is -0.481 e. The third kappa shape index (κ3) is 3.42. The summed E-state index contributed by atoms with van der Waals surface area (Å²) in [4.78, 5) is 39.9. The van der Waals surface area contributed by atoms with Gasteiger partial charge in [-0.15, -0.1) is 0 Å². The van der Waals surface area contributed by atoms with Crippen molar-refractivity contribution in [1.82, 2.24) is 4.98 Å². The zero-order valence-corrected chi connectivity index (χ0v) is 14.4. The van der Waals surface area contributed by atoms with Crippen LogP contribution in [0.1, 0.15) is 24.2 Å². The molecule has 7 heteroatoms. The van der Waals surface area contributed by atoms with Gasteiger partial charge in [0.15, 0.2) is 0 Å². The molecule has 0 unspecified atom stereocenters. The average Bonchev–Trinajstić information content (AvgIpc) is 3.19. The molecule has 3 N–H and O–H groups in total. The third-order valence-electron chi connectivity index (χ3n) is 4.67. The van der Waals surface area contributed by atoms with Gasteiger partial charge in [-0.2, -0.15) is 0 Å². The van der Waals surface area contributed by atoms with Gasteiger partial charge in [0.1, 0.15) is 5.82 Å². The maximum absolute atomic E-state index is 12.4. The van der Waals surface area contributed by atoms with Gasteiger partial charge in [-0.1, -0.05) is 26.0 Å². The number of hydrogen-bond donors (Lipinski definition) is 3. The molecule has 2 amide bonds. The number of nitrogens with zero attached hydrogens (tertiary/aromatic N) is 1. The minimum atomic E-state index is -0.973. The predicted molar refractivity (Wildman–Crippen MR) is 95.7 cm³/mol. The van der Waals surface area contributed by atoms with Crippen LogP contribution in [0.2, 0.25) is 0 Å². The lowest BCUT2D eigenvalue weighted by molar-refractivity contribution is -0.140. The van der Waals surface area contributed by atoms with Crippen molar-refractivity contribution in [2.75, 3.05) is 10.6 Å². The van der Waals surface area contributed by atoms with Crippen LogP contribution in [-0.2, 0) is 9.59 Å². The molecule has 1 aliphatic carbocycles. The normalized spacial score (nSPS) is 20.1. The first-order chi connectivity index (χ1) is 12.3. The van der Waals surface area contributed by atoms with E-state index in [1.165, 1.54) is 0 Å². The Balaban J connectivity index is 1.69. The molecule has 1 aliphatic rings. The van der Waals surface area contributed by atoms with Crippen LogP contribution in [0.4, 0.5) is 11.5 Å². The molecule has 1 heterocycles. The van der Waals surface area contributed by atoms with Gasteiger partial charge in [0.25, 0.3) is 5.91 Å². The number of carboxylic acid groups (broad SMARTS) is 1. The van der Waals surface area contributed by atoms with Crippen LogP contribution in [0.15, 0.2) is 48.7 Å². The molecule has 1 aromatic heterocycles. The summed E-state index contributed by atoms with van der Waals surface area (Å²) in [6.07, 6.45) is 1.57. The standard InChI is InChI=1S/C19H19N3O4/c1-19(2)14(15(19)18(25)26)17(24)21-12-7-5-6-11(10-12)16(23)22-13-8-3-4-9-20-13/h3-10,14-15H,1-2H3,(H,21,24)(H,25,26)(H,20,22,23)/t14-,15-/m1/s1. The Morgan fingerprint density at radius 3 is 2.42 bits per heavy atom. The highest BCUT2D eigenvalue weighted by Crippen LogP contribution is 2.58. The van der Waals surface area contributed by atoms with Gasteiger partial charge in [0.2, 0.25) is 5.91 Å². The molecular weight excluding hydrogens is 334 g/mol. The topological polar surface area (TPSA) is 108 Å². The molecule has 1 saturated carbocycles. The number of carbonyl (C=O) groups excluding carboxylic acids is 2. The lowest BCUT2D eigenvalue weighted by Crippen LogP contribution is -2.18. The van der Waals surface area contributed by atoms with E-state index in [2.05, 4.69) is 15.6 Å². The molecule has 0 spiro atoms. The first-order valence-corrected chi connectivity index (χ1v) is 8.17. The van der Waals surface area contributed by atoms with E-state index in [9.17, 15) is 19.5 Å². The van der Waals surface area contributed by atoms with Crippen molar-refractivity contribution in [2.24, 2.45) is 17.3 Å². The number of aliphatic carboxylic acids is 1. The summed E-state index contributed by atoms with van der Waals surface area (Å²) in [6.45, 7) is 3.51. The molecule has 0 radical (unpaired) electrons. The molecule has 0 bridgehead atoms. The van der Waals surface area contributed by atoms with Gasteiger partial charge in [0.05, 0.1) is 11.8 Å². The Morgan fingerprint density at radius 2 is 1.81 bits per heavy atom. The maximum Gasteiger partial charge on any atom is 0.307 e. The SMILES string of the molecule is CC1(C)[C@@H](C(=O)O)[C@@H]1C(=O)Nc1cccc(C(=O)Nc2ccccn2)c1. The molecule has 7 nitrogen and oxygen atoms in total. The van der Waals surface area contributed by atoms with Crippen molar-refractivity contribution in [2.45, 2.75) is 13.8 Å². The van der Waals surface area contributed by atoms with Crippen molar-refractivity contribution in [3.05, 3.63) is 54.2 Å². The summed E-state index contributed by atoms with van der Waals surface area (Å²) in [6, 6.07) is 11.6. The van der Waals surface area contributed by atoms with Gasteiger partial charge >= 0.3 is 5.97 Å². The van der Waals surface area contributed by atoms with E-state index in [1.807, 2.05) is 0 Å². The smallest absolute Gasteiger partial charge is 0.307 e. The number of anilines is 2. The molecule has 26 heavy (non-hydrogen) atoms. The molecule has 3 rings (SSSR count). The summed E-state index contributed by atoms with van der Waals surface area (Å²) < 4.78 is 0. The zero-order chi connectivity index (χ0) is 18.9. The Morgan fingerprint density at radius 1 is 1.04 bits per heavy atom. The lowest BCUT2D eigenvalue weighted by atomic mass is 10.1. The quantitative estimate of drug-likeness (QED) is 0.766. The number of amides is 2. The second kappa shape index (κ2) is 6.59. The highest BCUT2D eigenvalue weighted by Gasteiger charge is 2.65. The Bertz CT molecular complexity index is 864. The summed E-state index contributed by atoms with van der Waals surface area (Å²) >= 11 is 0.